The number of rotatable bonds is 2. The highest BCUT2D eigenvalue weighted by Gasteiger charge is 2.06. The minimum atomic E-state index is 0.179. The number of hydrogen-bond donors (Lipinski definition) is 1. The Morgan fingerprint density at radius 1 is 1.06 bits per heavy atom. The van der Waals surface area contributed by atoms with E-state index in [4.69, 9.17) is 16.7 Å². The number of nitrogens with zero attached hydrogens (tertiary/aromatic N) is 1. The van der Waals surface area contributed by atoms with Crippen LogP contribution in [0.15, 0.2) is 47.6 Å². The van der Waals surface area contributed by atoms with Gasteiger partial charge in [0.05, 0.1) is 0 Å². The van der Waals surface area contributed by atoms with Crippen LogP contribution in [0.4, 0.5) is 5.69 Å². The zero-order valence-corrected chi connectivity index (χ0v) is 8.98. The first kappa shape index (κ1) is 10.6. The minimum Gasteiger partial charge on any atom is -0.508 e. The summed E-state index contributed by atoms with van der Waals surface area (Å²) < 4.78 is 0. The second kappa shape index (κ2) is 4.33. The molecule has 0 amide bonds. The molecule has 0 saturated carbocycles. The van der Waals surface area contributed by atoms with Crippen LogP contribution in [0.3, 0.4) is 0 Å². The molecule has 2 aromatic rings. The minimum absolute atomic E-state index is 0.179. The van der Waals surface area contributed by atoms with Gasteiger partial charge in [-0.15, -0.1) is 4.91 Å². The number of phenolic OH excluding ortho intramolecular Hbond substituents is 1. The van der Waals surface area contributed by atoms with E-state index in [0.29, 0.717) is 10.6 Å². The van der Waals surface area contributed by atoms with Crippen molar-refractivity contribution in [1.29, 1.82) is 0 Å². The van der Waals surface area contributed by atoms with Gasteiger partial charge in [0.2, 0.25) is 0 Å². The molecule has 0 aliphatic heterocycles. The lowest BCUT2D eigenvalue weighted by molar-refractivity contribution is 0.475. The van der Waals surface area contributed by atoms with Crippen LogP contribution in [-0.4, -0.2) is 5.11 Å². The molecular weight excluding hydrogens is 226 g/mol. The molecule has 0 aliphatic carbocycles. The predicted molar refractivity (Wildman–Crippen MR) is 64.0 cm³/mol. The monoisotopic (exact) mass is 233 g/mol. The van der Waals surface area contributed by atoms with E-state index in [-0.39, 0.29) is 11.4 Å². The van der Waals surface area contributed by atoms with Crippen LogP contribution in [0.5, 0.6) is 5.75 Å². The van der Waals surface area contributed by atoms with Crippen LogP contribution in [0.2, 0.25) is 5.02 Å². The molecule has 0 aromatic heterocycles. The van der Waals surface area contributed by atoms with Gasteiger partial charge in [0.15, 0.2) is 0 Å². The maximum Gasteiger partial charge on any atom is 0.117 e. The molecule has 0 heterocycles. The van der Waals surface area contributed by atoms with Crippen molar-refractivity contribution in [1.82, 2.24) is 0 Å². The molecule has 16 heavy (non-hydrogen) atoms. The summed E-state index contributed by atoms with van der Waals surface area (Å²) in [6.45, 7) is 0. The molecular formula is C12H8ClNO2. The highest BCUT2D eigenvalue weighted by molar-refractivity contribution is 6.31. The second-order valence-electron chi connectivity index (χ2n) is 3.30. The summed E-state index contributed by atoms with van der Waals surface area (Å²) in [7, 11) is 0. The van der Waals surface area contributed by atoms with Gasteiger partial charge in [-0.2, -0.15) is 0 Å². The fraction of sp³-hybridized carbons (Fsp3) is 0. The van der Waals surface area contributed by atoms with E-state index in [1.807, 2.05) is 0 Å². The summed E-state index contributed by atoms with van der Waals surface area (Å²) >= 11 is 5.77. The van der Waals surface area contributed by atoms with Crippen LogP contribution in [-0.2, 0) is 0 Å². The molecule has 2 aromatic carbocycles. The van der Waals surface area contributed by atoms with Gasteiger partial charge in [0, 0.05) is 10.6 Å². The molecule has 4 heteroatoms. The molecule has 1 N–H and O–H groups in total. The van der Waals surface area contributed by atoms with Crippen LogP contribution in [0.25, 0.3) is 11.1 Å². The number of benzene rings is 2. The van der Waals surface area contributed by atoms with Gasteiger partial charge >= 0.3 is 0 Å². The smallest absolute Gasteiger partial charge is 0.117 e. The Balaban J connectivity index is 2.55. The summed E-state index contributed by atoms with van der Waals surface area (Å²) in [6.07, 6.45) is 0. The highest BCUT2D eigenvalue weighted by atomic mass is 35.5. The van der Waals surface area contributed by atoms with Gasteiger partial charge in [-0.3, -0.25) is 0 Å². The molecule has 0 saturated heterocycles. The van der Waals surface area contributed by atoms with Gasteiger partial charge in [0.1, 0.15) is 11.4 Å². The van der Waals surface area contributed by atoms with E-state index in [1.54, 1.807) is 36.4 Å². The SMILES string of the molecule is O=Nc1cc(Cl)ccc1-c1ccc(O)cc1. The van der Waals surface area contributed by atoms with Gasteiger partial charge in [-0.1, -0.05) is 29.8 Å². The van der Waals surface area contributed by atoms with Gasteiger partial charge in [-0.05, 0) is 35.0 Å². The Morgan fingerprint density at radius 2 is 1.75 bits per heavy atom. The van der Waals surface area contributed by atoms with E-state index in [9.17, 15) is 4.91 Å². The Labute approximate surface area is 97.3 Å². The molecule has 0 unspecified atom stereocenters. The average Bonchev–Trinajstić information content (AvgIpc) is 2.30. The molecule has 2 rings (SSSR count). The molecule has 0 atom stereocenters. The van der Waals surface area contributed by atoms with Crippen molar-refractivity contribution in [3.05, 3.63) is 52.4 Å². The highest BCUT2D eigenvalue weighted by Crippen LogP contribution is 2.33. The third-order valence-corrected chi connectivity index (χ3v) is 2.47. The third-order valence-electron chi connectivity index (χ3n) is 2.24. The van der Waals surface area contributed by atoms with E-state index >= 15 is 0 Å². The summed E-state index contributed by atoms with van der Waals surface area (Å²) in [4.78, 5) is 10.7. The zero-order valence-electron chi connectivity index (χ0n) is 8.22. The molecule has 0 spiro atoms. The third kappa shape index (κ3) is 2.04. The number of nitroso groups, excluding NO2 is 1. The van der Waals surface area contributed by atoms with Crippen molar-refractivity contribution in [2.45, 2.75) is 0 Å². The van der Waals surface area contributed by atoms with Crippen LogP contribution < -0.4 is 0 Å². The number of hydrogen-bond acceptors (Lipinski definition) is 3. The molecule has 0 aliphatic rings. The maximum absolute atomic E-state index is 10.7. The quantitative estimate of drug-likeness (QED) is 0.794. The predicted octanol–water partition coefficient (Wildman–Crippen LogP) is 4.11. The molecule has 0 fully saturated rings. The lowest BCUT2D eigenvalue weighted by Crippen LogP contribution is -1.78. The van der Waals surface area contributed by atoms with E-state index < -0.39 is 0 Å². The zero-order chi connectivity index (χ0) is 11.5. The normalized spacial score (nSPS) is 10.1. The van der Waals surface area contributed by atoms with Crippen molar-refractivity contribution >= 4 is 17.3 Å². The van der Waals surface area contributed by atoms with Crippen molar-refractivity contribution < 1.29 is 5.11 Å². The Bertz CT molecular complexity index is 523. The molecule has 80 valence electrons. The van der Waals surface area contributed by atoms with Crippen molar-refractivity contribution in [3.63, 3.8) is 0 Å². The molecule has 3 nitrogen and oxygen atoms in total. The Kier molecular flexibility index (Phi) is 2.88. The number of aromatic hydroxyl groups is 1. The lowest BCUT2D eigenvalue weighted by atomic mass is 10.0. The standard InChI is InChI=1S/C12H8ClNO2/c13-9-3-6-11(12(7-9)14-16)8-1-4-10(15)5-2-8/h1-7,15H. The van der Waals surface area contributed by atoms with E-state index in [2.05, 4.69) is 5.18 Å². The maximum atomic E-state index is 10.7. The van der Waals surface area contributed by atoms with Crippen LogP contribution in [0.1, 0.15) is 0 Å². The fourth-order valence-electron chi connectivity index (χ4n) is 1.47. The largest absolute Gasteiger partial charge is 0.508 e. The first-order chi connectivity index (χ1) is 7.70. The Morgan fingerprint density at radius 3 is 2.38 bits per heavy atom. The summed E-state index contributed by atoms with van der Waals surface area (Å²) in [6, 6.07) is 11.5. The van der Waals surface area contributed by atoms with Gasteiger partial charge in [-0.25, -0.2) is 0 Å². The molecule has 0 radical (unpaired) electrons. The van der Waals surface area contributed by atoms with E-state index in [1.165, 1.54) is 6.07 Å². The van der Waals surface area contributed by atoms with Crippen molar-refractivity contribution in [3.8, 4) is 16.9 Å². The van der Waals surface area contributed by atoms with Gasteiger partial charge < -0.3 is 5.11 Å². The number of phenols is 1. The summed E-state index contributed by atoms with van der Waals surface area (Å²) in [5.41, 5.74) is 1.79. The first-order valence-electron chi connectivity index (χ1n) is 4.63. The first-order valence-corrected chi connectivity index (χ1v) is 5.01. The fourth-order valence-corrected chi connectivity index (χ4v) is 1.63. The number of halogens is 1. The summed E-state index contributed by atoms with van der Waals surface area (Å²) in [5, 5.41) is 12.6. The topological polar surface area (TPSA) is 49.7 Å². The molecule has 0 bridgehead atoms. The van der Waals surface area contributed by atoms with Crippen LogP contribution in [0, 0.1) is 4.91 Å². The van der Waals surface area contributed by atoms with Crippen molar-refractivity contribution in [2.24, 2.45) is 5.18 Å². The second-order valence-corrected chi connectivity index (χ2v) is 3.74. The summed E-state index contributed by atoms with van der Waals surface area (Å²) in [5.74, 6) is 0.179. The average molecular weight is 234 g/mol. The van der Waals surface area contributed by atoms with Crippen LogP contribution >= 0.6 is 11.6 Å². The van der Waals surface area contributed by atoms with Crippen molar-refractivity contribution in [2.75, 3.05) is 0 Å². The van der Waals surface area contributed by atoms with E-state index in [0.717, 1.165) is 5.56 Å². The Hall–Kier alpha value is -1.87. The lowest BCUT2D eigenvalue weighted by Gasteiger charge is -2.04. The van der Waals surface area contributed by atoms with Gasteiger partial charge in [0.25, 0.3) is 0 Å².